The van der Waals surface area contributed by atoms with Gasteiger partial charge in [0.25, 0.3) is 5.91 Å². The van der Waals surface area contributed by atoms with Crippen molar-refractivity contribution in [3.8, 4) is 22.5 Å². The van der Waals surface area contributed by atoms with Gasteiger partial charge in [0.1, 0.15) is 5.69 Å². The molecule has 1 amide bonds. The van der Waals surface area contributed by atoms with E-state index < -0.39 is 0 Å². The second kappa shape index (κ2) is 9.62. The molecule has 172 valence electrons. The number of benzene rings is 2. The molecule has 5 rings (SSSR count). The monoisotopic (exact) mass is 473 g/mol. The van der Waals surface area contributed by atoms with E-state index in [1.807, 2.05) is 65.7 Å². The second-order valence-corrected chi connectivity index (χ2v) is 8.66. The van der Waals surface area contributed by atoms with E-state index in [1.165, 1.54) is 0 Å². The van der Waals surface area contributed by atoms with E-state index in [4.69, 9.17) is 11.6 Å². The van der Waals surface area contributed by atoms with Gasteiger partial charge in [0, 0.05) is 66.0 Å². The van der Waals surface area contributed by atoms with E-state index in [9.17, 15) is 4.79 Å². The summed E-state index contributed by atoms with van der Waals surface area (Å²) in [4.78, 5) is 26.1. The number of hydrogen-bond acceptors (Lipinski definition) is 6. The molecule has 1 fully saturated rings. The number of H-pyrrole nitrogens is 1. The minimum atomic E-state index is 0.0393. The predicted octanol–water partition coefficient (Wildman–Crippen LogP) is 4.32. The summed E-state index contributed by atoms with van der Waals surface area (Å²) < 4.78 is 0. The van der Waals surface area contributed by atoms with Gasteiger partial charge in [-0.15, -0.1) is 0 Å². The maximum absolute atomic E-state index is 12.9. The van der Waals surface area contributed by atoms with Crippen LogP contribution < -0.4 is 5.32 Å². The Morgan fingerprint density at radius 2 is 1.85 bits per heavy atom. The summed E-state index contributed by atoms with van der Waals surface area (Å²) in [7, 11) is 2.07. The Morgan fingerprint density at radius 3 is 2.65 bits per heavy atom. The number of nitrogens with zero attached hydrogens (tertiary/aromatic N) is 5. The average Bonchev–Trinajstić information content (AvgIpc) is 3.35. The zero-order valence-corrected chi connectivity index (χ0v) is 19.5. The van der Waals surface area contributed by atoms with Gasteiger partial charge < -0.3 is 15.1 Å². The number of hydrogen-bond donors (Lipinski definition) is 2. The molecule has 0 bridgehead atoms. The van der Waals surface area contributed by atoms with Crippen molar-refractivity contribution < 1.29 is 4.79 Å². The Balaban J connectivity index is 1.36. The highest BCUT2D eigenvalue weighted by atomic mass is 35.5. The minimum absolute atomic E-state index is 0.0393. The van der Waals surface area contributed by atoms with Crippen LogP contribution in [0.2, 0.25) is 5.02 Å². The van der Waals surface area contributed by atoms with Crippen LogP contribution in [0.1, 0.15) is 10.4 Å². The molecule has 8 nitrogen and oxygen atoms in total. The number of piperazine rings is 1. The van der Waals surface area contributed by atoms with E-state index in [0.717, 1.165) is 54.4 Å². The third kappa shape index (κ3) is 4.78. The first-order valence-electron chi connectivity index (χ1n) is 11.0. The number of amides is 1. The number of aromatic nitrogens is 4. The van der Waals surface area contributed by atoms with Crippen LogP contribution in [0.4, 0.5) is 11.6 Å². The summed E-state index contributed by atoms with van der Waals surface area (Å²) in [5.41, 5.74) is 4.69. The Morgan fingerprint density at radius 1 is 1.06 bits per heavy atom. The lowest BCUT2D eigenvalue weighted by Crippen LogP contribution is -2.47. The average molecular weight is 474 g/mol. The fourth-order valence-corrected chi connectivity index (χ4v) is 4.06. The molecule has 2 aromatic carbocycles. The molecule has 0 radical (unpaired) electrons. The van der Waals surface area contributed by atoms with Crippen molar-refractivity contribution in [2.45, 2.75) is 0 Å². The van der Waals surface area contributed by atoms with Crippen molar-refractivity contribution in [2.75, 3.05) is 38.5 Å². The third-order valence-electron chi connectivity index (χ3n) is 5.85. The molecular formula is C25H24ClN7O. The van der Waals surface area contributed by atoms with Gasteiger partial charge in [0.2, 0.25) is 5.95 Å². The van der Waals surface area contributed by atoms with Crippen LogP contribution in [0, 0.1) is 0 Å². The van der Waals surface area contributed by atoms with Crippen molar-refractivity contribution in [1.29, 1.82) is 0 Å². The van der Waals surface area contributed by atoms with Gasteiger partial charge in [-0.2, -0.15) is 5.10 Å². The van der Waals surface area contributed by atoms with Gasteiger partial charge in [0.15, 0.2) is 0 Å². The molecule has 1 saturated heterocycles. The highest BCUT2D eigenvalue weighted by Crippen LogP contribution is 2.30. The van der Waals surface area contributed by atoms with E-state index in [-0.39, 0.29) is 5.91 Å². The van der Waals surface area contributed by atoms with Gasteiger partial charge in [-0.1, -0.05) is 29.8 Å². The molecule has 0 unspecified atom stereocenters. The fourth-order valence-electron chi connectivity index (χ4n) is 3.93. The number of halogens is 1. The number of carbonyl (C=O) groups is 1. The van der Waals surface area contributed by atoms with E-state index in [0.29, 0.717) is 16.5 Å². The van der Waals surface area contributed by atoms with Gasteiger partial charge in [0.05, 0.1) is 5.69 Å². The first kappa shape index (κ1) is 22.1. The Kier molecular flexibility index (Phi) is 6.24. The smallest absolute Gasteiger partial charge is 0.254 e. The molecule has 2 N–H and O–H groups in total. The molecule has 3 heterocycles. The summed E-state index contributed by atoms with van der Waals surface area (Å²) in [5, 5.41) is 11.2. The lowest BCUT2D eigenvalue weighted by molar-refractivity contribution is 0.0664. The van der Waals surface area contributed by atoms with Crippen LogP contribution in [0.15, 0.2) is 67.0 Å². The summed E-state index contributed by atoms with van der Waals surface area (Å²) >= 11 is 6.03. The van der Waals surface area contributed by atoms with E-state index >= 15 is 0 Å². The van der Waals surface area contributed by atoms with Crippen LogP contribution >= 0.6 is 11.6 Å². The number of anilines is 2. The highest BCUT2D eigenvalue weighted by molar-refractivity contribution is 6.30. The predicted molar refractivity (Wildman–Crippen MR) is 133 cm³/mol. The molecule has 0 saturated carbocycles. The largest absolute Gasteiger partial charge is 0.336 e. The summed E-state index contributed by atoms with van der Waals surface area (Å²) in [6.45, 7) is 3.24. The quantitative estimate of drug-likeness (QED) is 0.448. The topological polar surface area (TPSA) is 90.0 Å². The molecule has 34 heavy (non-hydrogen) atoms. The first-order valence-corrected chi connectivity index (χ1v) is 11.4. The zero-order chi connectivity index (χ0) is 23.5. The van der Waals surface area contributed by atoms with E-state index in [1.54, 1.807) is 6.20 Å². The summed E-state index contributed by atoms with van der Waals surface area (Å²) in [6, 6.07) is 16.8. The van der Waals surface area contributed by atoms with E-state index in [2.05, 4.69) is 37.4 Å². The lowest BCUT2D eigenvalue weighted by atomic mass is 10.1. The Hall–Kier alpha value is -3.75. The number of likely N-dealkylation sites (N-methyl/N-ethyl adjacent to an activating group) is 1. The highest BCUT2D eigenvalue weighted by Gasteiger charge is 2.20. The van der Waals surface area contributed by atoms with Crippen LogP contribution in [0.3, 0.4) is 0 Å². The molecule has 0 spiro atoms. The normalized spacial score (nSPS) is 14.2. The molecule has 1 aliphatic heterocycles. The number of nitrogens with one attached hydrogen (secondary N) is 2. The molecule has 2 aromatic heterocycles. The van der Waals surface area contributed by atoms with Crippen LogP contribution in [-0.2, 0) is 0 Å². The van der Waals surface area contributed by atoms with Gasteiger partial charge in [-0.05, 0) is 43.4 Å². The Bertz CT molecular complexity index is 1300. The zero-order valence-electron chi connectivity index (χ0n) is 18.7. The summed E-state index contributed by atoms with van der Waals surface area (Å²) in [6.07, 6.45) is 3.51. The van der Waals surface area contributed by atoms with Crippen molar-refractivity contribution in [1.82, 2.24) is 30.0 Å². The van der Waals surface area contributed by atoms with Crippen molar-refractivity contribution >= 4 is 29.1 Å². The summed E-state index contributed by atoms with van der Waals surface area (Å²) in [5.74, 6) is 0.474. The maximum atomic E-state index is 12.9. The second-order valence-electron chi connectivity index (χ2n) is 8.22. The molecule has 4 aromatic rings. The minimum Gasteiger partial charge on any atom is -0.336 e. The molecule has 0 atom stereocenters. The van der Waals surface area contributed by atoms with Gasteiger partial charge in [-0.3, -0.25) is 9.89 Å². The van der Waals surface area contributed by atoms with Crippen LogP contribution in [0.5, 0.6) is 0 Å². The molecular weight excluding hydrogens is 450 g/mol. The van der Waals surface area contributed by atoms with Crippen molar-refractivity contribution in [2.24, 2.45) is 0 Å². The first-order chi connectivity index (χ1) is 16.6. The van der Waals surface area contributed by atoms with Crippen LogP contribution in [-0.4, -0.2) is 69.1 Å². The maximum Gasteiger partial charge on any atom is 0.254 e. The lowest BCUT2D eigenvalue weighted by Gasteiger charge is -2.32. The van der Waals surface area contributed by atoms with Crippen molar-refractivity contribution in [3.05, 3.63) is 77.6 Å². The Labute approximate surface area is 202 Å². The van der Waals surface area contributed by atoms with Gasteiger partial charge in [-0.25, -0.2) is 9.97 Å². The number of carbonyl (C=O) groups excluding carboxylic acids is 1. The molecule has 9 heteroatoms. The standard InChI is InChI=1S/C25H24ClN7O/c1-32-11-13-33(14-12-32)24(34)18-3-2-4-20(15-18)29-25-27-10-9-22(30-25)21-16-28-31-23(21)17-5-7-19(26)8-6-17/h2-10,15-16H,11-14H2,1H3,(H,28,31)(H,27,29,30). The van der Waals surface area contributed by atoms with Crippen LogP contribution in [0.25, 0.3) is 22.5 Å². The van der Waals surface area contributed by atoms with Crippen molar-refractivity contribution in [3.63, 3.8) is 0 Å². The van der Waals surface area contributed by atoms with Gasteiger partial charge >= 0.3 is 0 Å². The SMILES string of the molecule is CN1CCN(C(=O)c2cccc(Nc3nccc(-c4c[nH]nc4-c4ccc(Cl)cc4)n3)c2)CC1. The number of rotatable bonds is 5. The third-order valence-corrected chi connectivity index (χ3v) is 6.10. The number of aromatic amines is 1. The fraction of sp³-hybridized carbons (Fsp3) is 0.200. The molecule has 1 aliphatic rings. The molecule has 0 aliphatic carbocycles.